The Morgan fingerprint density at radius 2 is 2.20 bits per heavy atom. The summed E-state index contributed by atoms with van der Waals surface area (Å²) in [7, 11) is 0. The summed E-state index contributed by atoms with van der Waals surface area (Å²) >= 11 is 0. The molecule has 1 aliphatic rings. The van der Waals surface area contributed by atoms with Gasteiger partial charge in [-0.25, -0.2) is 0 Å². The van der Waals surface area contributed by atoms with Crippen molar-refractivity contribution < 1.29 is 4.52 Å². The van der Waals surface area contributed by atoms with Crippen molar-refractivity contribution in [2.75, 3.05) is 19.6 Å². The zero-order valence-electron chi connectivity index (χ0n) is 11.9. The number of aryl methyl sites for hydroxylation is 1. The highest BCUT2D eigenvalue weighted by atomic mass is 16.5. The molecule has 0 saturated carbocycles. The fourth-order valence-corrected chi connectivity index (χ4v) is 2.77. The van der Waals surface area contributed by atoms with Gasteiger partial charge in [-0.1, -0.05) is 35.5 Å². The van der Waals surface area contributed by atoms with Crippen LogP contribution in [0.3, 0.4) is 0 Å². The van der Waals surface area contributed by atoms with Crippen LogP contribution in [-0.2, 0) is 6.54 Å². The van der Waals surface area contributed by atoms with Crippen molar-refractivity contribution in [3.8, 4) is 0 Å². The summed E-state index contributed by atoms with van der Waals surface area (Å²) in [4.78, 5) is 2.45. The normalized spacial score (nSPS) is 20.8. The van der Waals surface area contributed by atoms with Gasteiger partial charge in [0, 0.05) is 25.2 Å². The van der Waals surface area contributed by atoms with E-state index < -0.39 is 0 Å². The molecule has 0 spiro atoms. The molecule has 1 aromatic heterocycles. The number of nitrogens with one attached hydrogen (secondary N) is 1. The largest absolute Gasteiger partial charge is 0.361 e. The van der Waals surface area contributed by atoms with Crippen LogP contribution in [0, 0.1) is 6.92 Å². The smallest absolute Gasteiger partial charge is 0.133 e. The molecule has 106 valence electrons. The van der Waals surface area contributed by atoms with E-state index in [9.17, 15) is 0 Å². The first-order valence-corrected chi connectivity index (χ1v) is 7.24. The Balaban J connectivity index is 1.69. The molecule has 4 nitrogen and oxygen atoms in total. The Morgan fingerprint density at radius 1 is 1.35 bits per heavy atom. The molecule has 4 heteroatoms. The molecule has 1 aliphatic heterocycles. The summed E-state index contributed by atoms with van der Waals surface area (Å²) in [6.07, 6.45) is 1.17. The van der Waals surface area contributed by atoms with Gasteiger partial charge in [-0.15, -0.1) is 0 Å². The van der Waals surface area contributed by atoms with Gasteiger partial charge in [0.2, 0.25) is 0 Å². The van der Waals surface area contributed by atoms with Gasteiger partial charge in [-0.05, 0) is 32.0 Å². The molecule has 20 heavy (non-hydrogen) atoms. The van der Waals surface area contributed by atoms with Gasteiger partial charge in [0.15, 0.2) is 0 Å². The van der Waals surface area contributed by atoms with E-state index in [-0.39, 0.29) is 0 Å². The second-order valence-corrected chi connectivity index (χ2v) is 5.43. The predicted molar refractivity (Wildman–Crippen MR) is 78.3 cm³/mol. The van der Waals surface area contributed by atoms with Crippen LogP contribution in [0.4, 0.5) is 0 Å². The van der Waals surface area contributed by atoms with Gasteiger partial charge in [-0.3, -0.25) is 4.90 Å². The Hall–Kier alpha value is -1.65. The zero-order chi connectivity index (χ0) is 13.8. The third-order valence-corrected chi connectivity index (χ3v) is 3.75. The molecule has 2 heterocycles. The number of nitrogens with zero attached hydrogens (tertiary/aromatic N) is 2. The Morgan fingerprint density at radius 3 is 2.95 bits per heavy atom. The number of hydrogen-bond acceptors (Lipinski definition) is 4. The second-order valence-electron chi connectivity index (χ2n) is 5.43. The van der Waals surface area contributed by atoms with Crippen molar-refractivity contribution in [1.29, 1.82) is 0 Å². The molecule has 0 radical (unpaired) electrons. The lowest BCUT2D eigenvalue weighted by atomic mass is 10.1. The number of aromatic nitrogens is 1. The molecule has 1 fully saturated rings. The van der Waals surface area contributed by atoms with Crippen LogP contribution in [0.25, 0.3) is 0 Å². The van der Waals surface area contributed by atoms with Crippen molar-refractivity contribution >= 4 is 0 Å². The summed E-state index contributed by atoms with van der Waals surface area (Å²) in [6.45, 7) is 5.97. The first-order chi connectivity index (χ1) is 9.81. The minimum atomic E-state index is 0.395. The summed E-state index contributed by atoms with van der Waals surface area (Å²) in [5.74, 6) is 0.882. The van der Waals surface area contributed by atoms with Crippen molar-refractivity contribution in [2.24, 2.45) is 0 Å². The van der Waals surface area contributed by atoms with E-state index in [0.717, 1.165) is 37.6 Å². The highest BCUT2D eigenvalue weighted by Crippen LogP contribution is 2.18. The van der Waals surface area contributed by atoms with Crippen LogP contribution in [0.1, 0.15) is 29.5 Å². The van der Waals surface area contributed by atoms with Crippen LogP contribution in [0.2, 0.25) is 0 Å². The highest BCUT2D eigenvalue weighted by Gasteiger charge is 2.19. The van der Waals surface area contributed by atoms with E-state index in [1.165, 1.54) is 12.0 Å². The lowest BCUT2D eigenvalue weighted by molar-refractivity contribution is 0.251. The van der Waals surface area contributed by atoms with Gasteiger partial charge in [-0.2, -0.15) is 0 Å². The molecule has 1 saturated heterocycles. The summed E-state index contributed by atoms with van der Waals surface area (Å²) in [6, 6.07) is 13.1. The van der Waals surface area contributed by atoms with Crippen molar-refractivity contribution in [3.63, 3.8) is 0 Å². The quantitative estimate of drug-likeness (QED) is 0.931. The molecule has 1 atom stereocenters. The summed E-state index contributed by atoms with van der Waals surface area (Å²) in [5, 5.41) is 7.73. The fraction of sp³-hybridized carbons (Fsp3) is 0.438. The van der Waals surface area contributed by atoms with Crippen LogP contribution >= 0.6 is 0 Å². The molecule has 0 amide bonds. The lowest BCUT2D eigenvalue weighted by Gasteiger charge is -2.23. The fourth-order valence-electron chi connectivity index (χ4n) is 2.77. The van der Waals surface area contributed by atoms with E-state index in [2.05, 4.69) is 45.7 Å². The lowest BCUT2D eigenvalue weighted by Crippen LogP contribution is -2.31. The minimum absolute atomic E-state index is 0.395. The molecular weight excluding hydrogens is 250 g/mol. The second kappa shape index (κ2) is 6.20. The Bertz CT molecular complexity index is 538. The van der Waals surface area contributed by atoms with Gasteiger partial charge in [0.05, 0.1) is 5.69 Å². The maximum atomic E-state index is 5.16. The van der Waals surface area contributed by atoms with Gasteiger partial charge >= 0.3 is 0 Å². The molecule has 1 aromatic carbocycles. The molecule has 1 N–H and O–H groups in total. The zero-order valence-corrected chi connectivity index (χ0v) is 11.9. The van der Waals surface area contributed by atoms with E-state index in [1.807, 2.05) is 13.0 Å². The van der Waals surface area contributed by atoms with Crippen LogP contribution in [0.15, 0.2) is 40.9 Å². The third kappa shape index (κ3) is 3.26. The van der Waals surface area contributed by atoms with Crippen molar-refractivity contribution in [1.82, 2.24) is 15.4 Å². The highest BCUT2D eigenvalue weighted by molar-refractivity contribution is 5.19. The number of benzene rings is 1. The van der Waals surface area contributed by atoms with Gasteiger partial charge < -0.3 is 9.84 Å². The topological polar surface area (TPSA) is 41.3 Å². The Labute approximate surface area is 119 Å². The average molecular weight is 271 g/mol. The summed E-state index contributed by atoms with van der Waals surface area (Å²) < 4.78 is 5.16. The molecule has 1 unspecified atom stereocenters. The SMILES string of the molecule is Cc1cc(CN2CCCNC(c3ccccc3)C2)no1. The monoisotopic (exact) mass is 271 g/mol. The Kier molecular flexibility index (Phi) is 4.14. The average Bonchev–Trinajstić information content (AvgIpc) is 2.74. The van der Waals surface area contributed by atoms with E-state index in [0.29, 0.717) is 6.04 Å². The van der Waals surface area contributed by atoms with Crippen LogP contribution in [-0.4, -0.2) is 29.7 Å². The predicted octanol–water partition coefficient (Wildman–Crippen LogP) is 2.52. The number of hydrogen-bond donors (Lipinski definition) is 1. The maximum absolute atomic E-state index is 5.16. The van der Waals surface area contributed by atoms with E-state index in [4.69, 9.17) is 4.52 Å². The van der Waals surface area contributed by atoms with Gasteiger partial charge in [0.25, 0.3) is 0 Å². The van der Waals surface area contributed by atoms with Crippen molar-refractivity contribution in [3.05, 3.63) is 53.4 Å². The first-order valence-electron chi connectivity index (χ1n) is 7.24. The van der Waals surface area contributed by atoms with E-state index >= 15 is 0 Å². The minimum Gasteiger partial charge on any atom is -0.361 e. The first kappa shape index (κ1) is 13.3. The van der Waals surface area contributed by atoms with Crippen LogP contribution < -0.4 is 5.32 Å². The molecule has 0 aliphatic carbocycles. The maximum Gasteiger partial charge on any atom is 0.133 e. The van der Waals surface area contributed by atoms with Crippen LogP contribution in [0.5, 0.6) is 0 Å². The molecule has 2 aromatic rings. The molecule has 3 rings (SSSR count). The van der Waals surface area contributed by atoms with Gasteiger partial charge in [0.1, 0.15) is 5.76 Å². The molecule has 0 bridgehead atoms. The standard InChI is InChI=1S/C16H21N3O/c1-13-10-15(18-20-13)11-19-9-5-8-17-16(12-19)14-6-3-2-4-7-14/h2-4,6-7,10,16-17H,5,8-9,11-12H2,1H3. The third-order valence-electron chi connectivity index (χ3n) is 3.75. The van der Waals surface area contributed by atoms with Crippen molar-refractivity contribution in [2.45, 2.75) is 25.9 Å². The van der Waals surface area contributed by atoms with E-state index in [1.54, 1.807) is 0 Å². The number of rotatable bonds is 3. The molecular formula is C16H21N3O. The summed E-state index contributed by atoms with van der Waals surface area (Å²) in [5.41, 5.74) is 2.38.